The van der Waals surface area contributed by atoms with Gasteiger partial charge in [0, 0.05) is 5.69 Å². The lowest BCUT2D eigenvalue weighted by atomic mass is 9.79. The summed E-state index contributed by atoms with van der Waals surface area (Å²) in [6.07, 6.45) is 1.82. The number of carboxylic acids is 1. The summed E-state index contributed by atoms with van der Waals surface area (Å²) < 4.78 is 13.5. The Morgan fingerprint density at radius 3 is 2.67 bits per heavy atom. The Balaban J connectivity index is 2.23. The maximum atomic E-state index is 13.5. The summed E-state index contributed by atoms with van der Waals surface area (Å²) in [6.45, 7) is 1.74. The number of carbonyl (C=O) groups is 1. The number of rotatable bonds is 2. The van der Waals surface area contributed by atoms with Crippen LogP contribution in [0.1, 0.15) is 18.1 Å². The molecule has 3 rings (SSSR count). The smallest absolute Gasteiger partial charge is 0.338 e. The fraction of sp³-hybridized carbons (Fsp3) is 0.118. The van der Waals surface area contributed by atoms with Gasteiger partial charge in [-0.15, -0.1) is 0 Å². The molecule has 0 fully saturated rings. The molecule has 2 aromatic rings. The molecule has 0 aromatic heterocycles. The molecule has 0 aliphatic carbocycles. The highest BCUT2D eigenvalue weighted by molar-refractivity contribution is 5.94. The van der Waals surface area contributed by atoms with Crippen LogP contribution in [0, 0.1) is 5.82 Å². The highest BCUT2D eigenvalue weighted by Gasteiger charge is 2.44. The number of carboxylic acid groups (broad SMARTS) is 1. The first-order valence-electron chi connectivity index (χ1n) is 6.59. The minimum absolute atomic E-state index is 0.373. The number of fused-ring (bicyclic) bond motifs is 1. The van der Waals surface area contributed by atoms with Gasteiger partial charge in [0.05, 0.1) is 0 Å². The maximum absolute atomic E-state index is 13.5. The molecule has 1 aliphatic heterocycles. The van der Waals surface area contributed by atoms with Gasteiger partial charge in [0.1, 0.15) is 5.82 Å². The quantitative estimate of drug-likeness (QED) is 0.884. The van der Waals surface area contributed by atoms with E-state index in [1.165, 1.54) is 18.2 Å². The normalized spacial score (nSPS) is 20.2. The number of para-hydroxylation sites is 1. The second kappa shape index (κ2) is 4.74. The Morgan fingerprint density at radius 1 is 1.19 bits per heavy atom. The molecule has 1 unspecified atom stereocenters. The number of hydrogen-bond acceptors (Lipinski definition) is 2. The van der Waals surface area contributed by atoms with Crippen LogP contribution in [0.5, 0.6) is 0 Å². The van der Waals surface area contributed by atoms with Gasteiger partial charge in [-0.2, -0.15) is 0 Å². The van der Waals surface area contributed by atoms with Crippen LogP contribution in [0.15, 0.2) is 54.1 Å². The Bertz CT molecular complexity index is 754. The SMILES string of the molecule is CC1=Cc2ccccc2NC1(C(=O)O)c1cccc(F)c1. The van der Waals surface area contributed by atoms with Gasteiger partial charge >= 0.3 is 5.97 Å². The summed E-state index contributed by atoms with van der Waals surface area (Å²) in [6, 6.07) is 13.1. The van der Waals surface area contributed by atoms with Crippen molar-refractivity contribution < 1.29 is 14.3 Å². The fourth-order valence-corrected chi connectivity index (χ4v) is 2.75. The fourth-order valence-electron chi connectivity index (χ4n) is 2.75. The highest BCUT2D eigenvalue weighted by atomic mass is 19.1. The molecule has 2 N–H and O–H groups in total. The van der Waals surface area contributed by atoms with E-state index in [1.54, 1.807) is 13.0 Å². The summed E-state index contributed by atoms with van der Waals surface area (Å²) in [5.41, 5.74) is 1.17. The van der Waals surface area contributed by atoms with Crippen molar-refractivity contribution in [3.8, 4) is 0 Å². The van der Waals surface area contributed by atoms with Crippen molar-refractivity contribution in [2.75, 3.05) is 5.32 Å². The van der Waals surface area contributed by atoms with Crippen LogP contribution >= 0.6 is 0 Å². The molecule has 2 aromatic carbocycles. The molecular weight excluding hydrogens is 269 g/mol. The predicted molar refractivity (Wildman–Crippen MR) is 79.4 cm³/mol. The molecule has 0 radical (unpaired) electrons. The molecule has 1 atom stereocenters. The van der Waals surface area contributed by atoms with Gasteiger partial charge in [-0.1, -0.05) is 36.4 Å². The van der Waals surface area contributed by atoms with Crippen LogP contribution in [0.2, 0.25) is 0 Å². The first kappa shape index (κ1) is 13.4. The highest BCUT2D eigenvalue weighted by Crippen LogP contribution is 2.40. The van der Waals surface area contributed by atoms with Crippen molar-refractivity contribution in [1.29, 1.82) is 0 Å². The third-order valence-electron chi connectivity index (χ3n) is 3.82. The second-order valence-electron chi connectivity index (χ2n) is 5.11. The average Bonchev–Trinajstić information content (AvgIpc) is 2.46. The zero-order valence-electron chi connectivity index (χ0n) is 11.4. The lowest BCUT2D eigenvalue weighted by Crippen LogP contribution is -2.46. The van der Waals surface area contributed by atoms with Crippen LogP contribution in [0.3, 0.4) is 0 Å². The van der Waals surface area contributed by atoms with E-state index >= 15 is 0 Å². The van der Waals surface area contributed by atoms with Crippen molar-refractivity contribution in [3.63, 3.8) is 0 Å². The van der Waals surface area contributed by atoms with E-state index in [4.69, 9.17) is 0 Å². The molecule has 0 spiro atoms. The van der Waals surface area contributed by atoms with Crippen molar-refractivity contribution in [1.82, 2.24) is 0 Å². The molecule has 0 bridgehead atoms. The summed E-state index contributed by atoms with van der Waals surface area (Å²) in [5.74, 6) is -1.52. The molecule has 4 heteroatoms. The second-order valence-corrected chi connectivity index (χ2v) is 5.11. The van der Waals surface area contributed by atoms with Crippen LogP contribution in [-0.4, -0.2) is 11.1 Å². The van der Waals surface area contributed by atoms with Crippen molar-refractivity contribution in [2.45, 2.75) is 12.5 Å². The predicted octanol–water partition coefficient (Wildman–Crippen LogP) is 3.63. The van der Waals surface area contributed by atoms with E-state index in [-0.39, 0.29) is 0 Å². The van der Waals surface area contributed by atoms with E-state index in [9.17, 15) is 14.3 Å². The number of nitrogens with one attached hydrogen (secondary N) is 1. The van der Waals surface area contributed by atoms with Gasteiger partial charge in [0.2, 0.25) is 0 Å². The summed E-state index contributed by atoms with van der Waals surface area (Å²) >= 11 is 0. The van der Waals surface area contributed by atoms with E-state index in [2.05, 4.69) is 5.32 Å². The molecule has 0 amide bonds. The lowest BCUT2D eigenvalue weighted by Gasteiger charge is -2.36. The molecule has 1 aliphatic rings. The topological polar surface area (TPSA) is 49.3 Å². The van der Waals surface area contributed by atoms with Crippen LogP contribution < -0.4 is 5.32 Å². The van der Waals surface area contributed by atoms with Crippen molar-refractivity contribution in [2.24, 2.45) is 0 Å². The molecule has 21 heavy (non-hydrogen) atoms. The molecule has 0 saturated carbocycles. The molecule has 0 saturated heterocycles. The van der Waals surface area contributed by atoms with Gasteiger partial charge in [-0.3, -0.25) is 0 Å². The third-order valence-corrected chi connectivity index (χ3v) is 3.82. The van der Waals surface area contributed by atoms with E-state index in [1.807, 2.05) is 30.3 Å². The minimum atomic E-state index is -1.45. The van der Waals surface area contributed by atoms with Gasteiger partial charge in [0.15, 0.2) is 5.54 Å². The number of halogens is 1. The van der Waals surface area contributed by atoms with Crippen LogP contribution in [0.25, 0.3) is 6.08 Å². The summed E-state index contributed by atoms with van der Waals surface area (Å²) in [7, 11) is 0. The average molecular weight is 283 g/mol. The molecular formula is C17H14FNO2. The van der Waals surface area contributed by atoms with Crippen molar-refractivity contribution >= 4 is 17.7 Å². The monoisotopic (exact) mass is 283 g/mol. The summed E-state index contributed by atoms with van der Waals surface area (Å²) in [5, 5.41) is 12.9. The Hall–Kier alpha value is -2.62. The zero-order valence-corrected chi connectivity index (χ0v) is 11.4. The number of aliphatic carboxylic acids is 1. The number of anilines is 1. The van der Waals surface area contributed by atoms with Crippen molar-refractivity contribution in [3.05, 3.63) is 71.0 Å². The molecule has 3 nitrogen and oxygen atoms in total. The van der Waals surface area contributed by atoms with Crippen LogP contribution in [0.4, 0.5) is 10.1 Å². The number of hydrogen-bond donors (Lipinski definition) is 2. The minimum Gasteiger partial charge on any atom is -0.479 e. The van der Waals surface area contributed by atoms with E-state index < -0.39 is 17.3 Å². The van der Waals surface area contributed by atoms with Gasteiger partial charge < -0.3 is 10.4 Å². The summed E-state index contributed by atoms with van der Waals surface area (Å²) in [4.78, 5) is 12.0. The largest absolute Gasteiger partial charge is 0.479 e. The Morgan fingerprint density at radius 2 is 1.95 bits per heavy atom. The molecule has 1 heterocycles. The molecule has 106 valence electrons. The van der Waals surface area contributed by atoms with Gasteiger partial charge in [0.25, 0.3) is 0 Å². The van der Waals surface area contributed by atoms with E-state index in [0.29, 0.717) is 11.1 Å². The van der Waals surface area contributed by atoms with Crippen LogP contribution in [-0.2, 0) is 10.3 Å². The lowest BCUT2D eigenvalue weighted by molar-refractivity contribution is -0.141. The number of benzene rings is 2. The van der Waals surface area contributed by atoms with E-state index in [0.717, 1.165) is 11.3 Å². The Labute approximate surface area is 121 Å². The van der Waals surface area contributed by atoms with Gasteiger partial charge in [-0.05, 0) is 41.8 Å². The standard InChI is InChI=1S/C17H14FNO2/c1-11-9-12-5-2-3-8-15(12)19-17(11,16(20)21)13-6-4-7-14(18)10-13/h2-10,19H,1H3,(H,20,21). The maximum Gasteiger partial charge on any atom is 0.338 e. The first-order chi connectivity index (χ1) is 10.0. The zero-order chi connectivity index (χ0) is 15.0. The Kier molecular flexibility index (Phi) is 3.01. The first-order valence-corrected chi connectivity index (χ1v) is 6.59. The van der Waals surface area contributed by atoms with Gasteiger partial charge in [-0.25, -0.2) is 9.18 Å². The third kappa shape index (κ3) is 2.00.